The number of nitrogens with zero attached hydrogens (tertiary/aromatic N) is 1. The third kappa shape index (κ3) is 3.82. The second kappa shape index (κ2) is 6.89. The summed E-state index contributed by atoms with van der Waals surface area (Å²) >= 11 is 0. The quantitative estimate of drug-likeness (QED) is 0.684. The normalized spacial score (nSPS) is 15.6. The number of methoxy groups -OCH3 is 1. The lowest BCUT2D eigenvalue weighted by atomic mass is 10.1. The average Bonchev–Trinajstić information content (AvgIpc) is 2.97. The molecule has 0 atom stereocenters. The SMILES string of the molecule is COc1ccc(/C=C(\C#N)C(=O)NC2CCCC2)cc1F. The summed E-state index contributed by atoms with van der Waals surface area (Å²) in [5.41, 5.74) is 0.429. The Morgan fingerprint density at radius 2 is 2.19 bits per heavy atom. The fourth-order valence-corrected chi connectivity index (χ4v) is 2.42. The first-order valence-electron chi connectivity index (χ1n) is 6.90. The molecule has 5 heteroatoms. The number of rotatable bonds is 4. The van der Waals surface area contributed by atoms with Crippen molar-refractivity contribution in [2.75, 3.05) is 7.11 Å². The highest BCUT2D eigenvalue weighted by atomic mass is 19.1. The maximum absolute atomic E-state index is 13.6. The van der Waals surface area contributed by atoms with Crippen LogP contribution in [0, 0.1) is 17.1 Å². The van der Waals surface area contributed by atoms with E-state index in [1.54, 1.807) is 6.07 Å². The van der Waals surface area contributed by atoms with Crippen molar-refractivity contribution in [3.8, 4) is 11.8 Å². The zero-order valence-electron chi connectivity index (χ0n) is 11.9. The lowest BCUT2D eigenvalue weighted by molar-refractivity contribution is -0.117. The predicted molar refractivity (Wildman–Crippen MR) is 76.9 cm³/mol. The van der Waals surface area contributed by atoms with Crippen molar-refractivity contribution < 1.29 is 13.9 Å². The summed E-state index contributed by atoms with van der Waals surface area (Å²) in [6.07, 6.45) is 5.47. The van der Waals surface area contributed by atoms with E-state index in [0.717, 1.165) is 25.7 Å². The summed E-state index contributed by atoms with van der Waals surface area (Å²) in [6.45, 7) is 0. The van der Waals surface area contributed by atoms with Gasteiger partial charge in [-0.15, -0.1) is 0 Å². The molecule has 1 saturated carbocycles. The zero-order valence-corrected chi connectivity index (χ0v) is 11.9. The Hall–Kier alpha value is -2.35. The average molecular weight is 288 g/mol. The first-order chi connectivity index (χ1) is 10.1. The van der Waals surface area contributed by atoms with E-state index in [-0.39, 0.29) is 17.4 Å². The van der Waals surface area contributed by atoms with Crippen molar-refractivity contribution in [3.05, 3.63) is 35.2 Å². The van der Waals surface area contributed by atoms with Gasteiger partial charge in [-0.05, 0) is 36.6 Å². The molecule has 1 aliphatic rings. The molecule has 0 aromatic heterocycles. The number of nitrogens with one attached hydrogen (secondary N) is 1. The molecular formula is C16H17FN2O2. The van der Waals surface area contributed by atoms with Gasteiger partial charge in [-0.1, -0.05) is 18.9 Å². The highest BCUT2D eigenvalue weighted by Crippen LogP contribution is 2.20. The van der Waals surface area contributed by atoms with Gasteiger partial charge in [-0.25, -0.2) is 4.39 Å². The van der Waals surface area contributed by atoms with Crippen LogP contribution in [0.1, 0.15) is 31.2 Å². The number of benzene rings is 1. The van der Waals surface area contributed by atoms with E-state index in [1.165, 1.54) is 25.3 Å². The van der Waals surface area contributed by atoms with E-state index in [1.807, 2.05) is 6.07 Å². The Kier molecular flexibility index (Phi) is 4.94. The van der Waals surface area contributed by atoms with Crippen LogP contribution in [0.5, 0.6) is 5.75 Å². The van der Waals surface area contributed by atoms with Crippen molar-refractivity contribution in [2.45, 2.75) is 31.7 Å². The molecule has 1 aromatic carbocycles. The number of hydrogen-bond donors (Lipinski definition) is 1. The summed E-state index contributed by atoms with van der Waals surface area (Å²) in [4.78, 5) is 12.0. The van der Waals surface area contributed by atoms with Gasteiger partial charge in [-0.2, -0.15) is 5.26 Å². The molecule has 0 spiro atoms. The topological polar surface area (TPSA) is 62.1 Å². The molecule has 0 aliphatic heterocycles. The molecule has 21 heavy (non-hydrogen) atoms. The van der Waals surface area contributed by atoms with Crippen molar-refractivity contribution in [1.82, 2.24) is 5.32 Å². The molecule has 0 heterocycles. The van der Waals surface area contributed by atoms with Gasteiger partial charge in [-0.3, -0.25) is 4.79 Å². The summed E-state index contributed by atoms with van der Waals surface area (Å²) in [5, 5.41) is 11.9. The van der Waals surface area contributed by atoms with Crippen molar-refractivity contribution >= 4 is 12.0 Å². The van der Waals surface area contributed by atoms with Crippen LogP contribution in [0.25, 0.3) is 6.08 Å². The van der Waals surface area contributed by atoms with E-state index in [4.69, 9.17) is 10.00 Å². The largest absolute Gasteiger partial charge is 0.494 e. The molecule has 2 rings (SSSR count). The Labute approximate surface area is 123 Å². The van der Waals surface area contributed by atoms with Crippen molar-refractivity contribution in [1.29, 1.82) is 5.26 Å². The van der Waals surface area contributed by atoms with Gasteiger partial charge in [0.25, 0.3) is 5.91 Å². The van der Waals surface area contributed by atoms with Crippen LogP contribution in [0.2, 0.25) is 0 Å². The first kappa shape index (κ1) is 15.0. The van der Waals surface area contributed by atoms with Gasteiger partial charge in [0.2, 0.25) is 0 Å². The predicted octanol–water partition coefficient (Wildman–Crippen LogP) is 2.80. The number of carbonyl (C=O) groups is 1. The van der Waals surface area contributed by atoms with Crippen LogP contribution in [-0.2, 0) is 4.79 Å². The second-order valence-electron chi connectivity index (χ2n) is 5.02. The smallest absolute Gasteiger partial charge is 0.262 e. The summed E-state index contributed by atoms with van der Waals surface area (Å²) in [7, 11) is 1.38. The van der Waals surface area contributed by atoms with Gasteiger partial charge in [0.1, 0.15) is 11.6 Å². The van der Waals surface area contributed by atoms with E-state index < -0.39 is 11.7 Å². The third-order valence-corrected chi connectivity index (χ3v) is 3.54. The molecule has 4 nitrogen and oxygen atoms in total. The number of halogens is 1. The van der Waals surface area contributed by atoms with E-state index in [9.17, 15) is 9.18 Å². The van der Waals surface area contributed by atoms with Gasteiger partial charge in [0, 0.05) is 6.04 Å². The van der Waals surface area contributed by atoms with Crippen LogP contribution in [0.4, 0.5) is 4.39 Å². The maximum atomic E-state index is 13.6. The number of nitriles is 1. The zero-order chi connectivity index (χ0) is 15.2. The summed E-state index contributed by atoms with van der Waals surface area (Å²) in [6, 6.07) is 6.31. The molecule has 1 aromatic rings. The van der Waals surface area contributed by atoms with Crippen molar-refractivity contribution in [3.63, 3.8) is 0 Å². The number of hydrogen-bond acceptors (Lipinski definition) is 3. The Morgan fingerprint density at radius 3 is 2.76 bits per heavy atom. The number of amides is 1. The van der Waals surface area contributed by atoms with E-state index in [2.05, 4.69) is 5.32 Å². The monoisotopic (exact) mass is 288 g/mol. The Morgan fingerprint density at radius 1 is 1.48 bits per heavy atom. The third-order valence-electron chi connectivity index (χ3n) is 3.54. The minimum Gasteiger partial charge on any atom is -0.494 e. The maximum Gasteiger partial charge on any atom is 0.262 e. The highest BCUT2D eigenvalue weighted by Gasteiger charge is 2.19. The molecule has 0 radical (unpaired) electrons. The summed E-state index contributed by atoms with van der Waals surface area (Å²) < 4.78 is 18.4. The second-order valence-corrected chi connectivity index (χ2v) is 5.02. The lowest BCUT2D eigenvalue weighted by Gasteiger charge is -2.11. The first-order valence-corrected chi connectivity index (χ1v) is 6.90. The number of ether oxygens (including phenoxy) is 1. The Balaban J connectivity index is 2.14. The minimum absolute atomic E-state index is 0.0218. The van der Waals surface area contributed by atoms with Crippen LogP contribution >= 0.6 is 0 Å². The fraction of sp³-hybridized carbons (Fsp3) is 0.375. The molecule has 0 saturated heterocycles. The molecule has 110 valence electrons. The van der Waals surface area contributed by atoms with Gasteiger partial charge in [0.05, 0.1) is 7.11 Å². The molecule has 1 fully saturated rings. The van der Waals surface area contributed by atoms with E-state index >= 15 is 0 Å². The van der Waals surface area contributed by atoms with Crippen molar-refractivity contribution in [2.24, 2.45) is 0 Å². The van der Waals surface area contributed by atoms with Crippen LogP contribution < -0.4 is 10.1 Å². The fourth-order valence-electron chi connectivity index (χ4n) is 2.42. The highest BCUT2D eigenvalue weighted by molar-refractivity contribution is 6.01. The number of carbonyl (C=O) groups excluding carboxylic acids is 1. The standard InChI is InChI=1S/C16H17FN2O2/c1-21-15-7-6-11(9-14(15)17)8-12(10-18)16(20)19-13-4-2-3-5-13/h6-9,13H,2-5H2,1H3,(H,19,20)/b12-8+. The molecule has 1 amide bonds. The van der Waals surface area contributed by atoms with Crippen LogP contribution in [0.3, 0.4) is 0 Å². The van der Waals surface area contributed by atoms with Gasteiger partial charge >= 0.3 is 0 Å². The van der Waals surface area contributed by atoms with E-state index in [0.29, 0.717) is 5.56 Å². The molecule has 0 bridgehead atoms. The molecule has 0 unspecified atom stereocenters. The lowest BCUT2D eigenvalue weighted by Crippen LogP contribution is -2.33. The molecule has 1 aliphatic carbocycles. The van der Waals surface area contributed by atoms with Crippen LogP contribution in [0.15, 0.2) is 23.8 Å². The van der Waals surface area contributed by atoms with Crippen LogP contribution in [-0.4, -0.2) is 19.1 Å². The minimum atomic E-state index is -0.528. The summed E-state index contributed by atoms with van der Waals surface area (Å²) in [5.74, 6) is -0.804. The van der Waals surface area contributed by atoms with Gasteiger partial charge < -0.3 is 10.1 Å². The molecular weight excluding hydrogens is 271 g/mol. The van der Waals surface area contributed by atoms with Gasteiger partial charge in [0.15, 0.2) is 11.6 Å². The Bertz CT molecular complexity index is 599. The molecule has 1 N–H and O–H groups in total.